The van der Waals surface area contributed by atoms with Crippen LogP contribution in [0.1, 0.15) is 33.2 Å². The minimum absolute atomic E-state index is 0.0126. The molecule has 0 amide bonds. The van der Waals surface area contributed by atoms with E-state index in [9.17, 15) is 18.0 Å². The van der Waals surface area contributed by atoms with Crippen LogP contribution in [-0.4, -0.2) is 26.3 Å². The van der Waals surface area contributed by atoms with Gasteiger partial charge in [-0.2, -0.15) is 5.26 Å². The summed E-state index contributed by atoms with van der Waals surface area (Å²) in [6, 6.07) is 11.4. The zero-order chi connectivity index (χ0) is 17.5. The lowest BCUT2D eigenvalue weighted by molar-refractivity contribution is 0.0435. The third kappa shape index (κ3) is 2.37. The predicted molar refractivity (Wildman–Crippen MR) is 82.3 cm³/mol. The molecule has 0 aliphatic carbocycles. The molecule has 0 aromatic heterocycles. The Hall–Kier alpha value is -2.98. The Balaban J connectivity index is 2.14. The lowest BCUT2D eigenvalue weighted by atomic mass is 10.0. The molecule has 0 saturated heterocycles. The van der Waals surface area contributed by atoms with Crippen LogP contribution >= 0.6 is 0 Å². The van der Waals surface area contributed by atoms with Crippen molar-refractivity contribution in [1.82, 2.24) is 0 Å². The van der Waals surface area contributed by atoms with Gasteiger partial charge in [-0.25, -0.2) is 13.2 Å². The number of carbonyl (C=O) groups is 2. The van der Waals surface area contributed by atoms with E-state index in [0.29, 0.717) is 0 Å². The van der Waals surface area contributed by atoms with Crippen molar-refractivity contribution in [3.63, 3.8) is 0 Å². The number of ether oxygens (including phenoxy) is 1. The lowest BCUT2D eigenvalue weighted by Crippen LogP contribution is -2.21. The van der Waals surface area contributed by atoms with Gasteiger partial charge in [0.2, 0.25) is 9.84 Å². The van der Waals surface area contributed by atoms with Crippen LogP contribution in [0.2, 0.25) is 0 Å². The zero-order valence-electron chi connectivity index (χ0n) is 12.5. The van der Waals surface area contributed by atoms with Crippen LogP contribution in [0.15, 0.2) is 52.3 Å². The van der Waals surface area contributed by atoms with Crippen LogP contribution in [0.3, 0.4) is 0 Å². The van der Waals surface area contributed by atoms with Gasteiger partial charge in [0, 0.05) is 11.1 Å². The largest absolute Gasteiger partial charge is 0.444 e. The maximum Gasteiger partial charge on any atom is 0.339 e. The number of hydrogen-bond donors (Lipinski definition) is 0. The SMILES string of the molecule is C[C@H](C#N)OC(=O)c1ccc2c(c1)S(=O)(=O)c1ccccc1C2=O. The van der Waals surface area contributed by atoms with Gasteiger partial charge in [0.25, 0.3) is 0 Å². The van der Waals surface area contributed by atoms with Gasteiger partial charge in [-0.15, -0.1) is 0 Å². The van der Waals surface area contributed by atoms with Crippen LogP contribution in [0.5, 0.6) is 0 Å². The van der Waals surface area contributed by atoms with Crippen LogP contribution in [0.4, 0.5) is 0 Å². The van der Waals surface area contributed by atoms with Gasteiger partial charge in [-0.3, -0.25) is 4.79 Å². The quantitative estimate of drug-likeness (QED) is 0.662. The fourth-order valence-corrected chi connectivity index (χ4v) is 4.14. The number of nitrogens with zero attached hydrogens (tertiary/aromatic N) is 1. The van der Waals surface area contributed by atoms with Crippen LogP contribution in [0.25, 0.3) is 0 Å². The smallest absolute Gasteiger partial charge is 0.339 e. The highest BCUT2D eigenvalue weighted by Crippen LogP contribution is 2.34. The zero-order valence-corrected chi connectivity index (χ0v) is 13.3. The standard InChI is InChI=1S/C17H11NO5S/c1-10(9-18)23-17(20)11-6-7-13-15(8-11)24(21,22)14-5-3-2-4-12(14)16(13)19/h2-8,10H,1H3/t10-/m1/s1. The molecule has 24 heavy (non-hydrogen) atoms. The summed E-state index contributed by atoms with van der Waals surface area (Å²) in [5.74, 6) is -1.24. The monoisotopic (exact) mass is 341 g/mol. The predicted octanol–water partition coefficient (Wildman–Crippen LogP) is 2.13. The Morgan fingerprint density at radius 1 is 1.12 bits per heavy atom. The highest BCUT2D eigenvalue weighted by atomic mass is 32.2. The van der Waals surface area contributed by atoms with E-state index in [1.807, 2.05) is 0 Å². The average molecular weight is 341 g/mol. The summed E-state index contributed by atoms with van der Waals surface area (Å²) in [6.07, 6.45) is -0.965. The number of hydrogen-bond acceptors (Lipinski definition) is 6. The Morgan fingerprint density at radius 3 is 2.50 bits per heavy atom. The van der Waals surface area contributed by atoms with Gasteiger partial charge >= 0.3 is 5.97 Å². The second-order valence-corrected chi connectivity index (χ2v) is 7.10. The maximum absolute atomic E-state index is 12.7. The van der Waals surface area contributed by atoms with Crippen molar-refractivity contribution >= 4 is 21.6 Å². The van der Waals surface area contributed by atoms with Crippen LogP contribution in [0, 0.1) is 11.3 Å². The van der Waals surface area contributed by atoms with E-state index in [1.165, 1.54) is 37.3 Å². The number of rotatable bonds is 2. The molecule has 0 saturated carbocycles. The minimum Gasteiger partial charge on any atom is -0.444 e. The fourth-order valence-electron chi connectivity index (χ4n) is 2.47. The first-order valence-electron chi connectivity index (χ1n) is 6.99. The summed E-state index contributed by atoms with van der Waals surface area (Å²) in [5, 5.41) is 8.68. The molecule has 120 valence electrons. The maximum atomic E-state index is 12.7. The molecule has 2 aromatic carbocycles. The third-order valence-electron chi connectivity index (χ3n) is 3.64. The number of esters is 1. The van der Waals surface area contributed by atoms with E-state index in [-0.39, 0.29) is 26.5 Å². The highest BCUT2D eigenvalue weighted by molar-refractivity contribution is 7.91. The second kappa shape index (κ2) is 5.58. The topological polar surface area (TPSA) is 101 Å². The summed E-state index contributed by atoms with van der Waals surface area (Å²) >= 11 is 0. The molecule has 2 aromatic rings. The highest BCUT2D eigenvalue weighted by Gasteiger charge is 2.35. The van der Waals surface area contributed by atoms with E-state index < -0.39 is 27.7 Å². The number of ketones is 1. The number of nitriles is 1. The van der Waals surface area contributed by atoms with Gasteiger partial charge in [-0.1, -0.05) is 12.1 Å². The van der Waals surface area contributed by atoms with Gasteiger partial charge in [0.15, 0.2) is 11.9 Å². The van der Waals surface area contributed by atoms with Gasteiger partial charge < -0.3 is 4.74 Å². The van der Waals surface area contributed by atoms with Gasteiger partial charge in [0.05, 0.1) is 15.4 Å². The molecule has 0 unspecified atom stereocenters. The summed E-state index contributed by atoms with van der Waals surface area (Å²) in [7, 11) is -3.92. The van der Waals surface area contributed by atoms with Crippen LogP contribution in [-0.2, 0) is 14.6 Å². The second-order valence-electron chi connectivity index (χ2n) is 5.22. The first-order valence-corrected chi connectivity index (χ1v) is 8.48. The molecule has 0 radical (unpaired) electrons. The van der Waals surface area contributed by atoms with E-state index in [0.717, 1.165) is 6.07 Å². The number of sulfone groups is 1. The molecule has 0 N–H and O–H groups in total. The number of carbonyl (C=O) groups excluding carboxylic acids is 2. The molecule has 1 aliphatic rings. The Bertz CT molecular complexity index is 1020. The molecule has 0 bridgehead atoms. The minimum atomic E-state index is -3.92. The van der Waals surface area contributed by atoms with E-state index >= 15 is 0 Å². The van der Waals surface area contributed by atoms with Crippen molar-refractivity contribution < 1.29 is 22.7 Å². The number of fused-ring (bicyclic) bond motifs is 2. The van der Waals surface area contributed by atoms with E-state index in [4.69, 9.17) is 10.00 Å². The fraction of sp³-hybridized carbons (Fsp3) is 0.118. The Morgan fingerprint density at radius 2 is 1.79 bits per heavy atom. The van der Waals surface area contributed by atoms with Crippen molar-refractivity contribution in [1.29, 1.82) is 5.26 Å². The van der Waals surface area contributed by atoms with E-state index in [2.05, 4.69) is 0 Å². The molecule has 6 nitrogen and oxygen atoms in total. The molecular formula is C17H11NO5S. The summed E-state index contributed by atoms with van der Waals surface area (Å²) in [6.45, 7) is 1.40. The normalized spacial score (nSPS) is 15.6. The molecule has 3 rings (SSSR count). The van der Waals surface area contributed by atoms with Crippen molar-refractivity contribution in [3.05, 3.63) is 59.2 Å². The third-order valence-corrected chi connectivity index (χ3v) is 5.49. The average Bonchev–Trinajstić information content (AvgIpc) is 2.59. The van der Waals surface area contributed by atoms with Gasteiger partial charge in [-0.05, 0) is 37.3 Å². The summed E-state index contributed by atoms with van der Waals surface area (Å²) in [5.41, 5.74) is 0.0867. The van der Waals surface area contributed by atoms with Crippen molar-refractivity contribution in [2.75, 3.05) is 0 Å². The molecule has 0 fully saturated rings. The number of benzene rings is 2. The Labute approximate surface area is 138 Å². The van der Waals surface area contributed by atoms with Gasteiger partial charge in [0.1, 0.15) is 6.07 Å². The van der Waals surface area contributed by atoms with Crippen molar-refractivity contribution in [2.24, 2.45) is 0 Å². The van der Waals surface area contributed by atoms with E-state index in [1.54, 1.807) is 12.1 Å². The first-order chi connectivity index (χ1) is 11.4. The summed E-state index contributed by atoms with van der Waals surface area (Å²) in [4.78, 5) is 24.1. The molecular weight excluding hydrogens is 330 g/mol. The lowest BCUT2D eigenvalue weighted by Gasteiger charge is -2.19. The summed E-state index contributed by atoms with van der Waals surface area (Å²) < 4.78 is 30.3. The molecule has 1 heterocycles. The van der Waals surface area contributed by atoms with Crippen LogP contribution < -0.4 is 0 Å². The molecule has 1 aliphatic heterocycles. The molecule has 1 atom stereocenters. The van der Waals surface area contributed by atoms with Crippen molar-refractivity contribution in [2.45, 2.75) is 22.8 Å². The Kier molecular flexibility index (Phi) is 3.70. The molecule has 0 spiro atoms. The van der Waals surface area contributed by atoms with Crippen molar-refractivity contribution in [3.8, 4) is 6.07 Å². The first kappa shape index (κ1) is 15.9. The molecule has 7 heteroatoms.